The first-order chi connectivity index (χ1) is 13.7. The largest absolute Gasteiger partial charge is 0.396 e. The minimum atomic E-state index is -0.0892. The molecule has 3 heterocycles. The van der Waals surface area contributed by atoms with Gasteiger partial charge in [0.15, 0.2) is 11.6 Å². The van der Waals surface area contributed by atoms with Crippen molar-refractivity contribution >= 4 is 5.82 Å². The first-order valence-electron chi connectivity index (χ1n) is 9.90. The summed E-state index contributed by atoms with van der Waals surface area (Å²) in [6.45, 7) is 1.96. The van der Waals surface area contributed by atoms with Crippen molar-refractivity contribution in [3.63, 3.8) is 0 Å². The number of benzene rings is 1. The summed E-state index contributed by atoms with van der Waals surface area (Å²) in [4.78, 5) is 6.60. The number of rotatable bonds is 6. The number of aliphatic hydroxyl groups excluding tert-OH is 1. The third-order valence-corrected chi connectivity index (χ3v) is 5.81. The number of hydrogen-bond acceptors (Lipinski definition) is 5. The molecule has 0 unspecified atom stereocenters. The van der Waals surface area contributed by atoms with Gasteiger partial charge >= 0.3 is 0 Å². The highest BCUT2D eigenvalue weighted by Gasteiger charge is 2.35. The van der Waals surface area contributed by atoms with E-state index in [4.69, 9.17) is 0 Å². The van der Waals surface area contributed by atoms with Crippen molar-refractivity contribution < 1.29 is 5.11 Å². The Hall–Kier alpha value is -2.73. The summed E-state index contributed by atoms with van der Waals surface area (Å²) in [6, 6.07) is 14.5. The van der Waals surface area contributed by atoms with E-state index < -0.39 is 0 Å². The second kappa shape index (κ2) is 8.10. The van der Waals surface area contributed by atoms with Crippen LogP contribution in [0.4, 0.5) is 5.82 Å². The fourth-order valence-electron chi connectivity index (χ4n) is 4.10. The summed E-state index contributed by atoms with van der Waals surface area (Å²) in [5, 5.41) is 19.1. The number of aliphatic hydroxyl groups is 1. The maximum absolute atomic E-state index is 10.2. The lowest BCUT2D eigenvalue weighted by Crippen LogP contribution is -2.46. The van der Waals surface area contributed by atoms with E-state index in [9.17, 15) is 5.11 Å². The Morgan fingerprint density at radius 3 is 2.64 bits per heavy atom. The van der Waals surface area contributed by atoms with Crippen LogP contribution in [0.5, 0.6) is 0 Å². The molecule has 1 aliphatic rings. The average Bonchev–Trinajstić information content (AvgIpc) is 3.19. The topological polar surface area (TPSA) is 67.1 Å². The summed E-state index contributed by atoms with van der Waals surface area (Å²) in [7, 11) is 1.95. The molecule has 28 heavy (non-hydrogen) atoms. The highest BCUT2D eigenvalue weighted by Crippen LogP contribution is 2.36. The zero-order valence-electron chi connectivity index (χ0n) is 16.3. The molecule has 4 rings (SSSR count). The number of anilines is 1. The number of hydrogen-bond donors (Lipinski definition) is 1. The zero-order valence-corrected chi connectivity index (χ0v) is 16.3. The molecule has 1 atom stereocenters. The fourth-order valence-corrected chi connectivity index (χ4v) is 4.10. The first kappa shape index (κ1) is 18.6. The van der Waals surface area contributed by atoms with E-state index in [1.165, 1.54) is 5.56 Å². The average molecular weight is 377 g/mol. The van der Waals surface area contributed by atoms with E-state index in [-0.39, 0.29) is 12.0 Å². The van der Waals surface area contributed by atoms with Gasteiger partial charge in [-0.05, 0) is 43.4 Å². The van der Waals surface area contributed by atoms with E-state index in [0.29, 0.717) is 0 Å². The zero-order chi connectivity index (χ0) is 19.4. The maximum Gasteiger partial charge on any atom is 0.160 e. The maximum atomic E-state index is 10.2. The van der Waals surface area contributed by atoms with Crippen molar-refractivity contribution in [3.05, 3.63) is 60.4 Å². The molecule has 6 heteroatoms. The lowest BCUT2D eigenvalue weighted by atomic mass is 9.76. The Labute approximate surface area is 165 Å². The van der Waals surface area contributed by atoms with Crippen LogP contribution in [0.1, 0.15) is 24.8 Å². The number of aromatic nitrogens is 4. The SMILES string of the molecule is Cn1ccnc1-c1ccc(N2CCC[C@@](CO)(CCc3ccccc3)C2)nn1. The van der Waals surface area contributed by atoms with Crippen LogP contribution in [0.2, 0.25) is 0 Å². The summed E-state index contributed by atoms with van der Waals surface area (Å²) in [6.07, 6.45) is 7.72. The highest BCUT2D eigenvalue weighted by molar-refractivity contribution is 5.52. The van der Waals surface area contributed by atoms with Crippen LogP contribution in [0, 0.1) is 5.41 Å². The second-order valence-corrected chi connectivity index (χ2v) is 7.81. The quantitative estimate of drug-likeness (QED) is 0.715. The van der Waals surface area contributed by atoms with Gasteiger partial charge in [0.05, 0.1) is 6.61 Å². The van der Waals surface area contributed by atoms with Gasteiger partial charge in [0, 0.05) is 37.9 Å². The van der Waals surface area contributed by atoms with Crippen LogP contribution in [-0.2, 0) is 13.5 Å². The molecular formula is C22H27N5O. The molecule has 0 saturated carbocycles. The van der Waals surface area contributed by atoms with Crippen LogP contribution >= 0.6 is 0 Å². The van der Waals surface area contributed by atoms with Crippen LogP contribution in [-0.4, -0.2) is 44.6 Å². The normalized spacial score (nSPS) is 19.7. The van der Waals surface area contributed by atoms with E-state index in [2.05, 4.69) is 44.3 Å². The predicted octanol–water partition coefficient (Wildman–Crippen LogP) is 3.09. The fraction of sp³-hybridized carbons (Fsp3) is 0.409. The van der Waals surface area contributed by atoms with Gasteiger partial charge in [-0.1, -0.05) is 30.3 Å². The van der Waals surface area contributed by atoms with Gasteiger partial charge in [-0.2, -0.15) is 0 Å². The van der Waals surface area contributed by atoms with Crippen molar-refractivity contribution in [3.8, 4) is 11.5 Å². The molecule has 0 radical (unpaired) electrons. The van der Waals surface area contributed by atoms with Gasteiger partial charge in [-0.15, -0.1) is 10.2 Å². The third kappa shape index (κ3) is 3.92. The van der Waals surface area contributed by atoms with Gasteiger partial charge in [-0.3, -0.25) is 0 Å². The highest BCUT2D eigenvalue weighted by atomic mass is 16.3. The molecule has 0 spiro atoms. The standard InChI is InChI=1S/C22H27N5O/c1-26-15-13-23-21(26)19-8-9-20(25-24-19)27-14-5-11-22(16-27,17-28)12-10-18-6-3-2-4-7-18/h2-4,6-9,13,15,28H,5,10-12,14,16-17H2,1H3/t22-/m1/s1. The predicted molar refractivity (Wildman–Crippen MR) is 110 cm³/mol. The second-order valence-electron chi connectivity index (χ2n) is 7.81. The van der Waals surface area contributed by atoms with Gasteiger partial charge < -0.3 is 14.6 Å². The summed E-state index contributed by atoms with van der Waals surface area (Å²) in [5.41, 5.74) is 2.01. The van der Waals surface area contributed by atoms with Gasteiger partial charge in [0.25, 0.3) is 0 Å². The van der Waals surface area contributed by atoms with Crippen molar-refractivity contribution in [1.82, 2.24) is 19.7 Å². The molecule has 6 nitrogen and oxygen atoms in total. The monoisotopic (exact) mass is 377 g/mol. The van der Waals surface area contributed by atoms with Crippen molar-refractivity contribution in [2.24, 2.45) is 12.5 Å². The molecule has 3 aromatic rings. The minimum absolute atomic E-state index is 0.0892. The lowest BCUT2D eigenvalue weighted by Gasteiger charge is -2.42. The molecule has 1 N–H and O–H groups in total. The molecule has 2 aromatic heterocycles. The number of nitrogens with zero attached hydrogens (tertiary/aromatic N) is 5. The molecule has 0 aliphatic carbocycles. The molecular weight excluding hydrogens is 350 g/mol. The van der Waals surface area contributed by atoms with Gasteiger partial charge in [-0.25, -0.2) is 4.98 Å². The van der Waals surface area contributed by atoms with E-state index in [1.807, 2.05) is 36.0 Å². The Morgan fingerprint density at radius 1 is 1.11 bits per heavy atom. The Balaban J connectivity index is 1.47. The first-order valence-corrected chi connectivity index (χ1v) is 9.90. The van der Waals surface area contributed by atoms with Crippen molar-refractivity contribution in [2.45, 2.75) is 25.7 Å². The van der Waals surface area contributed by atoms with Gasteiger partial charge in [0.1, 0.15) is 5.69 Å². The number of aryl methyl sites for hydroxylation is 2. The summed E-state index contributed by atoms with van der Waals surface area (Å²) < 4.78 is 1.94. The molecule has 0 bridgehead atoms. The molecule has 0 amide bonds. The lowest BCUT2D eigenvalue weighted by molar-refractivity contribution is 0.0962. The minimum Gasteiger partial charge on any atom is -0.396 e. The molecule has 1 saturated heterocycles. The van der Waals surface area contributed by atoms with Crippen LogP contribution < -0.4 is 4.90 Å². The van der Waals surface area contributed by atoms with Crippen molar-refractivity contribution in [1.29, 1.82) is 0 Å². The smallest absolute Gasteiger partial charge is 0.160 e. The molecule has 1 aliphatic heterocycles. The van der Waals surface area contributed by atoms with Crippen LogP contribution in [0.15, 0.2) is 54.9 Å². The van der Waals surface area contributed by atoms with E-state index >= 15 is 0 Å². The Bertz CT molecular complexity index is 893. The molecule has 1 aromatic carbocycles. The van der Waals surface area contributed by atoms with E-state index in [0.717, 1.165) is 56.1 Å². The Kier molecular flexibility index (Phi) is 5.39. The number of piperidine rings is 1. The summed E-state index contributed by atoms with van der Waals surface area (Å²) >= 11 is 0. The van der Waals surface area contributed by atoms with Crippen LogP contribution in [0.3, 0.4) is 0 Å². The van der Waals surface area contributed by atoms with Crippen LogP contribution in [0.25, 0.3) is 11.5 Å². The molecule has 146 valence electrons. The third-order valence-electron chi connectivity index (χ3n) is 5.81. The van der Waals surface area contributed by atoms with Crippen molar-refractivity contribution in [2.75, 3.05) is 24.6 Å². The molecule has 1 fully saturated rings. The van der Waals surface area contributed by atoms with E-state index in [1.54, 1.807) is 6.20 Å². The van der Waals surface area contributed by atoms with Gasteiger partial charge in [0.2, 0.25) is 0 Å². The summed E-state index contributed by atoms with van der Waals surface area (Å²) in [5.74, 6) is 1.68. The number of imidazole rings is 1. The Morgan fingerprint density at radius 2 is 1.96 bits per heavy atom.